The van der Waals surface area contributed by atoms with Crippen LogP contribution in [-0.4, -0.2) is 25.8 Å². The summed E-state index contributed by atoms with van der Waals surface area (Å²) in [5.74, 6) is -1.56. The van der Waals surface area contributed by atoms with Crippen LogP contribution < -0.4 is 5.32 Å². The van der Waals surface area contributed by atoms with Crippen LogP contribution in [-0.2, 0) is 23.1 Å². The number of alkyl halides is 5. The summed E-state index contributed by atoms with van der Waals surface area (Å²) in [6, 6.07) is 0.750. The third-order valence-corrected chi connectivity index (χ3v) is 3.88. The molecule has 0 bridgehead atoms. The lowest BCUT2D eigenvalue weighted by atomic mass is 9.76. The average Bonchev–Trinajstić information content (AvgIpc) is 3.11. The number of amides is 1. The number of carbonyl (C=O) groups is 1. The SMILES string of the molecule is O=C(Cn1ccc(C(F)(F)F)n1)NC1(c2noc(C(F)F)n2)CCC1. The molecule has 7 nitrogen and oxygen atoms in total. The van der Waals surface area contributed by atoms with Crippen molar-refractivity contribution >= 4 is 5.91 Å². The van der Waals surface area contributed by atoms with Gasteiger partial charge in [0.05, 0.1) is 0 Å². The van der Waals surface area contributed by atoms with Crippen molar-refractivity contribution in [3.05, 3.63) is 29.7 Å². The van der Waals surface area contributed by atoms with Gasteiger partial charge in [0.1, 0.15) is 12.1 Å². The molecule has 1 saturated carbocycles. The largest absolute Gasteiger partial charge is 0.435 e. The van der Waals surface area contributed by atoms with Gasteiger partial charge in [-0.05, 0) is 25.3 Å². The second-order valence-corrected chi connectivity index (χ2v) is 5.64. The molecule has 1 aliphatic carbocycles. The van der Waals surface area contributed by atoms with Crippen LogP contribution in [0.4, 0.5) is 22.0 Å². The van der Waals surface area contributed by atoms with E-state index in [9.17, 15) is 26.7 Å². The third-order valence-electron chi connectivity index (χ3n) is 3.88. The van der Waals surface area contributed by atoms with E-state index in [2.05, 4.69) is 25.1 Å². The number of nitrogens with one attached hydrogen (secondary N) is 1. The van der Waals surface area contributed by atoms with E-state index in [1.165, 1.54) is 0 Å². The molecule has 0 saturated heterocycles. The summed E-state index contributed by atoms with van der Waals surface area (Å²) in [5.41, 5.74) is -2.16. The molecular weight excluding hydrogens is 353 g/mol. The quantitative estimate of drug-likeness (QED) is 0.823. The highest BCUT2D eigenvalue weighted by Gasteiger charge is 2.44. The second-order valence-electron chi connectivity index (χ2n) is 5.64. The maximum Gasteiger partial charge on any atom is 0.435 e. The molecule has 25 heavy (non-hydrogen) atoms. The van der Waals surface area contributed by atoms with E-state index in [4.69, 9.17) is 0 Å². The Morgan fingerprint density at radius 3 is 2.60 bits per heavy atom. The summed E-state index contributed by atoms with van der Waals surface area (Å²) in [4.78, 5) is 15.7. The second kappa shape index (κ2) is 6.08. The smallest absolute Gasteiger partial charge is 0.342 e. The van der Waals surface area contributed by atoms with Crippen molar-refractivity contribution in [2.24, 2.45) is 0 Å². The summed E-state index contributed by atoms with van der Waals surface area (Å²) in [6.07, 6.45) is -4.98. The fraction of sp³-hybridized carbons (Fsp3) is 0.538. The first kappa shape index (κ1) is 17.3. The first-order valence-electron chi connectivity index (χ1n) is 7.23. The van der Waals surface area contributed by atoms with Crippen molar-refractivity contribution in [2.75, 3.05) is 0 Å². The van der Waals surface area contributed by atoms with Crippen molar-refractivity contribution in [3.8, 4) is 0 Å². The standard InChI is InChI=1S/C13H12F5N5O2/c14-9(15)10-19-11(22-25-10)12(3-1-4-12)20-8(24)6-23-5-2-7(21-23)13(16,17)18/h2,5,9H,1,3-4,6H2,(H,20,24). The van der Waals surface area contributed by atoms with Gasteiger partial charge in [0.2, 0.25) is 5.91 Å². The van der Waals surface area contributed by atoms with Crippen molar-refractivity contribution in [3.63, 3.8) is 0 Å². The summed E-state index contributed by atoms with van der Waals surface area (Å²) in [5, 5.41) is 9.34. The summed E-state index contributed by atoms with van der Waals surface area (Å²) in [6.45, 7) is -0.461. The fourth-order valence-corrected chi connectivity index (χ4v) is 2.51. The summed E-state index contributed by atoms with van der Waals surface area (Å²) < 4.78 is 67.9. The van der Waals surface area contributed by atoms with E-state index < -0.39 is 42.2 Å². The molecule has 0 aliphatic heterocycles. The minimum atomic E-state index is -4.60. The van der Waals surface area contributed by atoms with Gasteiger partial charge in [0.25, 0.3) is 5.89 Å². The molecule has 0 spiro atoms. The van der Waals surface area contributed by atoms with E-state index in [1.54, 1.807) is 0 Å². The molecule has 0 aromatic carbocycles. The van der Waals surface area contributed by atoms with Crippen molar-refractivity contribution in [2.45, 2.75) is 43.9 Å². The molecule has 1 aliphatic rings. The van der Waals surface area contributed by atoms with Gasteiger partial charge in [-0.2, -0.15) is 32.0 Å². The van der Waals surface area contributed by atoms with Gasteiger partial charge in [-0.25, -0.2) is 0 Å². The Bertz CT molecular complexity index is 765. The predicted molar refractivity (Wildman–Crippen MR) is 70.2 cm³/mol. The van der Waals surface area contributed by atoms with Crippen LogP contribution in [0.3, 0.4) is 0 Å². The number of rotatable bonds is 5. The number of hydrogen-bond acceptors (Lipinski definition) is 5. The lowest BCUT2D eigenvalue weighted by Crippen LogP contribution is -2.52. The van der Waals surface area contributed by atoms with Crippen LogP contribution in [0.2, 0.25) is 0 Å². The highest BCUT2D eigenvalue weighted by atomic mass is 19.4. The molecule has 1 amide bonds. The lowest BCUT2D eigenvalue weighted by Gasteiger charge is -2.39. The Morgan fingerprint density at radius 2 is 2.12 bits per heavy atom. The topological polar surface area (TPSA) is 85.8 Å². The third kappa shape index (κ3) is 3.46. The maximum absolute atomic E-state index is 12.6. The number of hydrogen-bond donors (Lipinski definition) is 1. The van der Waals surface area contributed by atoms with E-state index in [0.29, 0.717) is 19.3 Å². The minimum Gasteiger partial charge on any atom is -0.342 e. The first-order valence-corrected chi connectivity index (χ1v) is 7.23. The van der Waals surface area contributed by atoms with E-state index in [1.807, 2.05) is 0 Å². The number of nitrogens with zero attached hydrogens (tertiary/aromatic N) is 4. The van der Waals surface area contributed by atoms with E-state index in [-0.39, 0.29) is 5.82 Å². The van der Waals surface area contributed by atoms with Crippen LogP contribution in [0.1, 0.15) is 43.1 Å². The average molecular weight is 365 g/mol. The molecular formula is C13H12F5N5O2. The molecule has 2 aromatic heterocycles. The monoisotopic (exact) mass is 365 g/mol. The van der Waals surface area contributed by atoms with Gasteiger partial charge < -0.3 is 9.84 Å². The number of aromatic nitrogens is 4. The van der Waals surface area contributed by atoms with E-state index in [0.717, 1.165) is 16.9 Å². The Hall–Kier alpha value is -2.53. The van der Waals surface area contributed by atoms with Crippen LogP contribution >= 0.6 is 0 Å². The van der Waals surface area contributed by atoms with Crippen LogP contribution in [0, 0.1) is 0 Å². The predicted octanol–water partition coefficient (Wildman–Crippen LogP) is 2.42. The van der Waals surface area contributed by atoms with Crippen LogP contribution in [0.15, 0.2) is 16.8 Å². The van der Waals surface area contributed by atoms with Gasteiger partial charge in [0, 0.05) is 6.20 Å². The summed E-state index contributed by atoms with van der Waals surface area (Å²) >= 11 is 0. The fourth-order valence-electron chi connectivity index (χ4n) is 2.51. The molecule has 2 aromatic rings. The molecule has 1 N–H and O–H groups in total. The molecule has 136 valence electrons. The van der Waals surface area contributed by atoms with Crippen LogP contribution in [0.5, 0.6) is 0 Å². The van der Waals surface area contributed by atoms with Crippen LogP contribution in [0.25, 0.3) is 0 Å². The molecule has 0 unspecified atom stereocenters. The first-order chi connectivity index (χ1) is 11.7. The molecule has 0 radical (unpaired) electrons. The Morgan fingerprint density at radius 1 is 1.40 bits per heavy atom. The molecule has 12 heteroatoms. The van der Waals surface area contributed by atoms with Gasteiger partial charge in [0.15, 0.2) is 11.5 Å². The highest BCUT2D eigenvalue weighted by molar-refractivity contribution is 5.76. The van der Waals surface area contributed by atoms with E-state index >= 15 is 0 Å². The molecule has 0 atom stereocenters. The molecule has 3 rings (SSSR count). The van der Waals surface area contributed by atoms with Gasteiger partial charge >= 0.3 is 12.6 Å². The highest BCUT2D eigenvalue weighted by Crippen LogP contribution is 2.40. The Balaban J connectivity index is 1.69. The number of carbonyl (C=O) groups excluding carboxylic acids is 1. The van der Waals surface area contributed by atoms with Crippen molar-refractivity contribution < 1.29 is 31.3 Å². The minimum absolute atomic E-state index is 0.0705. The van der Waals surface area contributed by atoms with Crippen molar-refractivity contribution in [1.29, 1.82) is 0 Å². The van der Waals surface area contributed by atoms with Gasteiger partial charge in [-0.1, -0.05) is 5.16 Å². The normalized spacial score (nSPS) is 16.7. The zero-order valence-electron chi connectivity index (χ0n) is 12.6. The molecule has 2 heterocycles. The maximum atomic E-state index is 12.6. The Labute approximate surface area is 137 Å². The molecule has 1 fully saturated rings. The number of halogens is 5. The summed E-state index contributed by atoms with van der Waals surface area (Å²) in [7, 11) is 0. The van der Waals surface area contributed by atoms with Gasteiger partial charge in [-0.3, -0.25) is 9.48 Å². The Kier molecular flexibility index (Phi) is 4.21. The van der Waals surface area contributed by atoms with Crippen molar-refractivity contribution in [1.82, 2.24) is 25.2 Å². The zero-order valence-corrected chi connectivity index (χ0v) is 12.6. The lowest BCUT2D eigenvalue weighted by molar-refractivity contribution is -0.141. The zero-order chi connectivity index (χ0) is 18.2. The van der Waals surface area contributed by atoms with Gasteiger partial charge in [-0.15, -0.1) is 0 Å².